The van der Waals surface area contributed by atoms with Crippen molar-refractivity contribution in [3.63, 3.8) is 0 Å². The third kappa shape index (κ3) is 7.60. The van der Waals surface area contributed by atoms with Gasteiger partial charge in [-0.2, -0.15) is 0 Å². The molecule has 0 aliphatic rings. The van der Waals surface area contributed by atoms with Crippen LogP contribution >= 0.6 is 0 Å². The zero-order chi connectivity index (χ0) is 8.53. The molecular weight excluding hydrogens is 134 g/mol. The zero-order valence-electron chi connectivity index (χ0n) is 7.90. The van der Waals surface area contributed by atoms with E-state index in [4.69, 9.17) is 5.73 Å². The maximum absolute atomic E-state index is 5.44. The first kappa shape index (κ1) is 10.7. The van der Waals surface area contributed by atoms with Crippen molar-refractivity contribution in [3.05, 3.63) is 11.6 Å². The lowest BCUT2D eigenvalue weighted by atomic mass is 10.1. The van der Waals surface area contributed by atoms with Gasteiger partial charge in [-0.25, -0.2) is 0 Å². The van der Waals surface area contributed by atoms with Gasteiger partial charge in [0.2, 0.25) is 0 Å². The summed E-state index contributed by atoms with van der Waals surface area (Å²) in [5, 5.41) is 0. The molecule has 0 spiro atoms. The van der Waals surface area contributed by atoms with Crippen molar-refractivity contribution in [2.24, 2.45) is 5.73 Å². The smallest absolute Gasteiger partial charge is 0.0134 e. The quantitative estimate of drug-likeness (QED) is 0.463. The summed E-state index contributed by atoms with van der Waals surface area (Å²) in [7, 11) is 0. The summed E-state index contributed by atoms with van der Waals surface area (Å²) >= 11 is 0. The van der Waals surface area contributed by atoms with E-state index in [9.17, 15) is 0 Å². The van der Waals surface area contributed by atoms with Gasteiger partial charge in [-0.15, -0.1) is 0 Å². The van der Waals surface area contributed by atoms with E-state index in [0.717, 1.165) is 0 Å². The molecule has 11 heavy (non-hydrogen) atoms. The maximum Gasteiger partial charge on any atom is 0.0134 e. The van der Waals surface area contributed by atoms with Crippen molar-refractivity contribution in [3.8, 4) is 0 Å². The molecular formula is C10H21N. The van der Waals surface area contributed by atoms with Crippen LogP contribution in [0.3, 0.4) is 0 Å². The Balaban J connectivity index is 3.12. The van der Waals surface area contributed by atoms with Gasteiger partial charge in [0.15, 0.2) is 0 Å². The Kier molecular flexibility index (Phi) is 7.59. The minimum atomic E-state index is 0.716. The van der Waals surface area contributed by atoms with E-state index in [-0.39, 0.29) is 0 Å². The van der Waals surface area contributed by atoms with Gasteiger partial charge in [0.05, 0.1) is 0 Å². The topological polar surface area (TPSA) is 26.0 Å². The molecule has 0 saturated carbocycles. The highest BCUT2D eigenvalue weighted by Gasteiger charge is 1.86. The lowest BCUT2D eigenvalue weighted by Gasteiger charge is -1.96. The van der Waals surface area contributed by atoms with Crippen molar-refractivity contribution in [1.82, 2.24) is 0 Å². The van der Waals surface area contributed by atoms with Gasteiger partial charge in [0, 0.05) is 6.54 Å². The van der Waals surface area contributed by atoms with Crippen molar-refractivity contribution >= 4 is 0 Å². The average Bonchev–Trinajstić information content (AvgIpc) is 2.04. The Morgan fingerprint density at radius 1 is 1.27 bits per heavy atom. The fourth-order valence-corrected chi connectivity index (χ4v) is 1.00. The SMILES string of the molecule is CCCCCC/C=C(/C)CN. The van der Waals surface area contributed by atoms with E-state index in [1.165, 1.54) is 37.7 Å². The van der Waals surface area contributed by atoms with Crippen molar-refractivity contribution in [2.75, 3.05) is 6.54 Å². The Hall–Kier alpha value is -0.300. The number of hydrogen-bond donors (Lipinski definition) is 1. The first-order valence-electron chi connectivity index (χ1n) is 4.67. The van der Waals surface area contributed by atoms with Crippen LogP contribution in [0.15, 0.2) is 11.6 Å². The van der Waals surface area contributed by atoms with Crippen molar-refractivity contribution in [2.45, 2.75) is 46.0 Å². The minimum Gasteiger partial charge on any atom is -0.327 e. The molecule has 0 aromatic carbocycles. The molecule has 0 heterocycles. The van der Waals surface area contributed by atoms with Gasteiger partial charge in [-0.1, -0.05) is 37.8 Å². The van der Waals surface area contributed by atoms with E-state index in [0.29, 0.717) is 6.54 Å². The molecule has 0 amide bonds. The number of rotatable bonds is 6. The second-order valence-corrected chi connectivity index (χ2v) is 3.10. The van der Waals surface area contributed by atoms with Crippen molar-refractivity contribution in [1.29, 1.82) is 0 Å². The predicted octanol–water partition coefficient (Wildman–Crippen LogP) is 2.86. The number of allylic oxidation sites excluding steroid dienone is 1. The lowest BCUT2D eigenvalue weighted by Crippen LogP contribution is -1.99. The lowest BCUT2D eigenvalue weighted by molar-refractivity contribution is 0.673. The van der Waals surface area contributed by atoms with Gasteiger partial charge in [-0.05, 0) is 19.8 Å². The maximum atomic E-state index is 5.44. The van der Waals surface area contributed by atoms with E-state index >= 15 is 0 Å². The predicted molar refractivity (Wildman–Crippen MR) is 51.6 cm³/mol. The first-order valence-corrected chi connectivity index (χ1v) is 4.67. The molecule has 0 rings (SSSR count). The van der Waals surface area contributed by atoms with E-state index in [2.05, 4.69) is 19.9 Å². The van der Waals surface area contributed by atoms with Crippen LogP contribution < -0.4 is 5.73 Å². The standard InChI is InChI=1S/C10H21N/c1-3-4-5-6-7-8-10(2)9-11/h8H,3-7,9,11H2,1-2H3/b10-8-. The Morgan fingerprint density at radius 3 is 2.55 bits per heavy atom. The van der Waals surface area contributed by atoms with Crippen LogP contribution in [0.1, 0.15) is 46.0 Å². The molecule has 1 heteroatoms. The molecule has 0 saturated heterocycles. The molecule has 0 aliphatic heterocycles. The summed E-state index contributed by atoms with van der Waals surface area (Å²) in [6.07, 6.45) is 8.85. The van der Waals surface area contributed by atoms with E-state index in [1.54, 1.807) is 0 Å². The summed E-state index contributed by atoms with van der Waals surface area (Å²) in [6.45, 7) is 5.05. The zero-order valence-corrected chi connectivity index (χ0v) is 7.90. The van der Waals surface area contributed by atoms with Gasteiger partial charge < -0.3 is 5.73 Å². The third-order valence-corrected chi connectivity index (χ3v) is 1.87. The van der Waals surface area contributed by atoms with Gasteiger partial charge in [0.1, 0.15) is 0 Å². The van der Waals surface area contributed by atoms with Crippen LogP contribution in [0.2, 0.25) is 0 Å². The van der Waals surface area contributed by atoms with Gasteiger partial charge >= 0.3 is 0 Å². The summed E-state index contributed by atoms with van der Waals surface area (Å²) in [6, 6.07) is 0. The monoisotopic (exact) mass is 155 g/mol. The first-order chi connectivity index (χ1) is 5.31. The van der Waals surface area contributed by atoms with Gasteiger partial charge in [0.25, 0.3) is 0 Å². The third-order valence-electron chi connectivity index (χ3n) is 1.87. The highest BCUT2D eigenvalue weighted by Crippen LogP contribution is 2.04. The Morgan fingerprint density at radius 2 is 2.00 bits per heavy atom. The number of unbranched alkanes of at least 4 members (excludes halogenated alkanes) is 4. The second-order valence-electron chi connectivity index (χ2n) is 3.10. The van der Waals surface area contributed by atoms with Crippen LogP contribution in [0.5, 0.6) is 0 Å². The highest BCUT2D eigenvalue weighted by molar-refractivity contribution is 4.98. The van der Waals surface area contributed by atoms with Crippen molar-refractivity contribution < 1.29 is 0 Å². The van der Waals surface area contributed by atoms with Crippen LogP contribution in [-0.4, -0.2) is 6.54 Å². The summed E-state index contributed by atoms with van der Waals surface area (Å²) in [4.78, 5) is 0. The van der Waals surface area contributed by atoms with E-state index in [1.807, 2.05) is 0 Å². The molecule has 66 valence electrons. The number of hydrogen-bond acceptors (Lipinski definition) is 1. The molecule has 0 aliphatic carbocycles. The fraction of sp³-hybridized carbons (Fsp3) is 0.800. The molecule has 0 aromatic heterocycles. The highest BCUT2D eigenvalue weighted by atomic mass is 14.5. The number of nitrogens with two attached hydrogens (primary N) is 1. The van der Waals surface area contributed by atoms with Crippen LogP contribution in [0.25, 0.3) is 0 Å². The molecule has 0 radical (unpaired) electrons. The second kappa shape index (κ2) is 7.80. The van der Waals surface area contributed by atoms with Crippen LogP contribution in [0, 0.1) is 0 Å². The van der Waals surface area contributed by atoms with Crippen LogP contribution in [-0.2, 0) is 0 Å². The van der Waals surface area contributed by atoms with Gasteiger partial charge in [-0.3, -0.25) is 0 Å². The Labute approximate surface area is 70.7 Å². The molecule has 1 nitrogen and oxygen atoms in total. The fourth-order valence-electron chi connectivity index (χ4n) is 1.00. The van der Waals surface area contributed by atoms with E-state index < -0.39 is 0 Å². The molecule has 0 bridgehead atoms. The molecule has 0 fully saturated rings. The molecule has 2 N–H and O–H groups in total. The minimum absolute atomic E-state index is 0.716. The molecule has 0 unspecified atom stereocenters. The summed E-state index contributed by atoms with van der Waals surface area (Å²) in [5.41, 5.74) is 6.77. The van der Waals surface area contributed by atoms with Crippen LogP contribution in [0.4, 0.5) is 0 Å². The average molecular weight is 155 g/mol. The summed E-state index contributed by atoms with van der Waals surface area (Å²) in [5.74, 6) is 0. The Bertz CT molecular complexity index is 105. The largest absolute Gasteiger partial charge is 0.327 e. The molecule has 0 atom stereocenters. The summed E-state index contributed by atoms with van der Waals surface area (Å²) < 4.78 is 0. The normalized spacial score (nSPS) is 12.1. The molecule has 0 aromatic rings.